The van der Waals surface area contributed by atoms with Gasteiger partial charge in [0.25, 0.3) is 5.91 Å². The van der Waals surface area contributed by atoms with Crippen molar-refractivity contribution in [2.24, 2.45) is 16.9 Å². The molecule has 0 aliphatic heterocycles. The summed E-state index contributed by atoms with van der Waals surface area (Å²) in [6.45, 7) is 4.68. The minimum absolute atomic E-state index is 0.0103. The molecule has 0 saturated heterocycles. The van der Waals surface area contributed by atoms with Crippen LogP contribution in [0.15, 0.2) is 36.7 Å². The van der Waals surface area contributed by atoms with Crippen molar-refractivity contribution in [1.29, 1.82) is 0 Å². The first-order chi connectivity index (χ1) is 16.6. The average Bonchev–Trinajstić information content (AvgIpc) is 2.79. The van der Waals surface area contributed by atoms with E-state index in [4.69, 9.17) is 39.7 Å². The maximum absolute atomic E-state index is 12.6. The first-order valence-corrected chi connectivity index (χ1v) is 11.9. The van der Waals surface area contributed by atoms with Crippen LogP contribution in [0.25, 0.3) is 0 Å². The molecule has 0 radical (unpaired) electrons. The number of rotatable bonds is 7. The van der Waals surface area contributed by atoms with Gasteiger partial charge in [0.15, 0.2) is 0 Å². The van der Waals surface area contributed by atoms with Crippen molar-refractivity contribution >= 4 is 52.3 Å². The Hall–Kier alpha value is -3.36. The summed E-state index contributed by atoms with van der Waals surface area (Å²) in [7, 11) is 0. The zero-order valence-electron chi connectivity index (χ0n) is 19.4. The Morgan fingerprint density at radius 3 is 2.26 bits per heavy atom. The molecule has 1 aliphatic rings. The van der Waals surface area contributed by atoms with Crippen molar-refractivity contribution in [2.45, 2.75) is 39.7 Å². The summed E-state index contributed by atoms with van der Waals surface area (Å²) in [5, 5.41) is 7.22. The highest BCUT2D eigenvalue weighted by Crippen LogP contribution is 2.42. The largest absolute Gasteiger partial charge is 0.366 e. The fourth-order valence-electron chi connectivity index (χ4n) is 4.29. The monoisotopic (exact) mass is 512 g/mol. The first kappa shape index (κ1) is 24.8. The van der Waals surface area contributed by atoms with E-state index in [9.17, 15) is 9.59 Å². The number of amides is 2. The number of fused-ring (bicyclic) bond motifs is 1. The molecule has 10 heteroatoms. The average molecular weight is 513 g/mol. The number of pyridine rings is 2. The third-order valence-electron chi connectivity index (χ3n) is 6.16. The summed E-state index contributed by atoms with van der Waals surface area (Å²) in [6.07, 6.45) is 5.30. The Morgan fingerprint density at radius 1 is 1.00 bits per heavy atom. The molecule has 2 heterocycles. The Balaban J connectivity index is 1.77. The molecule has 4 rings (SSSR count). The number of carbonyl (C=O) groups is 2. The standard InChI is InChI=1S/C25H26Cl2N6O2/c1-25(2)8-7-15-16(9-25)19(22(29)35)24(31-10-13-3-5-14(6-4-13)21(28)34)33-23(15)32-20-17(26)11-30-12-18(20)27/h3-6,11-12H,7-10H2,1-2H3,(H2,28,34)(H2,29,35)(H2,30,31,32,33). The number of primary amides is 2. The van der Waals surface area contributed by atoms with Crippen molar-refractivity contribution in [3.8, 4) is 0 Å². The van der Waals surface area contributed by atoms with Gasteiger partial charge in [0, 0.05) is 24.5 Å². The predicted octanol–water partition coefficient (Wildman–Crippen LogP) is 4.85. The quantitative estimate of drug-likeness (QED) is 0.357. The number of nitrogens with zero attached hydrogens (tertiary/aromatic N) is 2. The van der Waals surface area contributed by atoms with Gasteiger partial charge in [-0.05, 0) is 53.5 Å². The normalized spacial score (nSPS) is 14.2. The minimum Gasteiger partial charge on any atom is -0.366 e. The van der Waals surface area contributed by atoms with Crippen LogP contribution in [0.2, 0.25) is 10.0 Å². The van der Waals surface area contributed by atoms with Crippen LogP contribution >= 0.6 is 23.2 Å². The first-order valence-electron chi connectivity index (χ1n) is 11.1. The van der Waals surface area contributed by atoms with Gasteiger partial charge in [0.05, 0.1) is 21.3 Å². The second-order valence-electron chi connectivity index (χ2n) is 9.36. The molecule has 182 valence electrons. The number of hydrogen-bond acceptors (Lipinski definition) is 6. The van der Waals surface area contributed by atoms with E-state index in [0.29, 0.717) is 57.9 Å². The highest BCUT2D eigenvalue weighted by molar-refractivity contribution is 6.39. The van der Waals surface area contributed by atoms with Crippen LogP contribution in [-0.4, -0.2) is 21.8 Å². The molecule has 2 aromatic heterocycles. The van der Waals surface area contributed by atoms with Crippen molar-refractivity contribution in [2.75, 3.05) is 10.6 Å². The number of benzene rings is 1. The number of nitrogens with one attached hydrogen (secondary N) is 2. The molecule has 0 bridgehead atoms. The second-order valence-corrected chi connectivity index (χ2v) is 10.2. The number of anilines is 3. The van der Waals surface area contributed by atoms with Crippen LogP contribution in [0.1, 0.15) is 57.7 Å². The van der Waals surface area contributed by atoms with Crippen LogP contribution in [-0.2, 0) is 19.4 Å². The van der Waals surface area contributed by atoms with Crippen LogP contribution < -0.4 is 22.1 Å². The van der Waals surface area contributed by atoms with E-state index in [1.807, 2.05) is 0 Å². The number of aromatic nitrogens is 2. The lowest BCUT2D eigenvalue weighted by Gasteiger charge is -2.34. The topological polar surface area (TPSA) is 136 Å². The Labute approximate surface area is 213 Å². The summed E-state index contributed by atoms with van der Waals surface area (Å²) >= 11 is 12.7. The van der Waals surface area contributed by atoms with Crippen molar-refractivity contribution < 1.29 is 9.59 Å². The van der Waals surface area contributed by atoms with Gasteiger partial charge in [-0.1, -0.05) is 49.2 Å². The van der Waals surface area contributed by atoms with Gasteiger partial charge in [-0.2, -0.15) is 0 Å². The summed E-state index contributed by atoms with van der Waals surface area (Å²) < 4.78 is 0. The molecule has 8 nitrogen and oxygen atoms in total. The third-order valence-corrected chi connectivity index (χ3v) is 6.73. The molecule has 0 atom stereocenters. The number of nitrogens with two attached hydrogens (primary N) is 2. The van der Waals surface area contributed by atoms with E-state index in [1.54, 1.807) is 24.3 Å². The second kappa shape index (κ2) is 9.71. The lowest BCUT2D eigenvalue weighted by Crippen LogP contribution is -2.28. The molecule has 2 amide bonds. The van der Waals surface area contributed by atoms with Crippen LogP contribution in [0.5, 0.6) is 0 Å². The number of halogens is 2. The van der Waals surface area contributed by atoms with Crippen molar-refractivity contribution in [3.05, 3.63) is 74.5 Å². The van der Waals surface area contributed by atoms with Gasteiger partial charge < -0.3 is 22.1 Å². The van der Waals surface area contributed by atoms with E-state index in [0.717, 1.165) is 23.1 Å². The van der Waals surface area contributed by atoms with E-state index in [1.165, 1.54) is 12.4 Å². The molecular formula is C25H26Cl2N6O2. The Morgan fingerprint density at radius 2 is 1.66 bits per heavy atom. The molecule has 6 N–H and O–H groups in total. The SMILES string of the molecule is CC1(C)CCc2c(Nc3c(Cl)cncc3Cl)nc(NCc3ccc(C(N)=O)cc3)c(C(N)=O)c2C1. The fourth-order valence-corrected chi connectivity index (χ4v) is 4.74. The molecule has 3 aromatic rings. The lowest BCUT2D eigenvalue weighted by molar-refractivity contribution is 0.0991. The summed E-state index contributed by atoms with van der Waals surface area (Å²) in [5.41, 5.74) is 15.1. The van der Waals surface area contributed by atoms with Crippen LogP contribution in [0.4, 0.5) is 17.3 Å². The van der Waals surface area contributed by atoms with Crippen LogP contribution in [0, 0.1) is 5.41 Å². The van der Waals surface area contributed by atoms with E-state index < -0.39 is 11.8 Å². The third kappa shape index (κ3) is 5.33. The van der Waals surface area contributed by atoms with E-state index in [-0.39, 0.29) is 5.41 Å². The smallest absolute Gasteiger partial charge is 0.252 e. The Bertz CT molecular complexity index is 1290. The molecule has 0 spiro atoms. The summed E-state index contributed by atoms with van der Waals surface area (Å²) in [6, 6.07) is 6.87. The summed E-state index contributed by atoms with van der Waals surface area (Å²) in [5.74, 6) is -0.132. The number of hydrogen-bond donors (Lipinski definition) is 4. The van der Waals surface area contributed by atoms with Crippen molar-refractivity contribution in [1.82, 2.24) is 9.97 Å². The van der Waals surface area contributed by atoms with Gasteiger partial charge in [-0.25, -0.2) is 4.98 Å². The Kier molecular flexibility index (Phi) is 6.87. The number of carbonyl (C=O) groups excluding carboxylic acids is 2. The molecule has 1 aliphatic carbocycles. The van der Waals surface area contributed by atoms with Gasteiger partial charge in [-0.3, -0.25) is 14.6 Å². The van der Waals surface area contributed by atoms with Gasteiger partial charge in [-0.15, -0.1) is 0 Å². The van der Waals surface area contributed by atoms with Gasteiger partial charge >= 0.3 is 0 Å². The van der Waals surface area contributed by atoms with E-state index in [2.05, 4.69) is 29.5 Å². The lowest BCUT2D eigenvalue weighted by atomic mass is 9.73. The van der Waals surface area contributed by atoms with E-state index >= 15 is 0 Å². The highest BCUT2D eigenvalue weighted by Gasteiger charge is 2.33. The maximum Gasteiger partial charge on any atom is 0.252 e. The molecule has 0 saturated carbocycles. The van der Waals surface area contributed by atoms with Crippen molar-refractivity contribution in [3.63, 3.8) is 0 Å². The maximum atomic E-state index is 12.6. The molecule has 1 aromatic carbocycles. The molecular weight excluding hydrogens is 487 g/mol. The van der Waals surface area contributed by atoms with Gasteiger partial charge in [0.1, 0.15) is 11.6 Å². The van der Waals surface area contributed by atoms with Gasteiger partial charge in [0.2, 0.25) is 5.91 Å². The molecule has 0 unspecified atom stereocenters. The van der Waals surface area contributed by atoms with Crippen LogP contribution in [0.3, 0.4) is 0 Å². The minimum atomic E-state index is -0.551. The highest BCUT2D eigenvalue weighted by atomic mass is 35.5. The molecule has 35 heavy (non-hydrogen) atoms. The summed E-state index contributed by atoms with van der Waals surface area (Å²) in [4.78, 5) is 32.7. The fraction of sp³-hybridized carbons (Fsp3) is 0.280. The zero-order valence-corrected chi connectivity index (χ0v) is 20.9. The zero-order chi connectivity index (χ0) is 25.3. The predicted molar refractivity (Wildman–Crippen MR) is 138 cm³/mol. The molecule has 0 fully saturated rings.